The van der Waals surface area contributed by atoms with Crippen molar-refractivity contribution < 1.29 is 9.67 Å². The van der Waals surface area contributed by atoms with Crippen molar-refractivity contribution in [3.05, 3.63) is 90.5 Å². The summed E-state index contributed by atoms with van der Waals surface area (Å²) in [7, 11) is -3.28. The number of aliphatic hydroxyl groups excluding tert-OH is 1. The second-order valence-electron chi connectivity index (χ2n) is 9.40. The molecule has 1 atom stereocenters. The zero-order valence-electron chi connectivity index (χ0n) is 21.5. The summed E-state index contributed by atoms with van der Waals surface area (Å²) in [4.78, 5) is 2.48. The van der Waals surface area contributed by atoms with Gasteiger partial charge in [0.25, 0.3) is 0 Å². The minimum atomic E-state index is -3.28. The highest BCUT2D eigenvalue weighted by Crippen LogP contribution is 2.55. The van der Waals surface area contributed by atoms with Crippen molar-refractivity contribution in [1.29, 1.82) is 0 Å². The largest absolute Gasteiger partial charge is 0.380 e. The van der Waals surface area contributed by atoms with Crippen molar-refractivity contribution in [2.24, 2.45) is 0 Å². The molecule has 35 heavy (non-hydrogen) atoms. The molecule has 0 aromatic heterocycles. The summed E-state index contributed by atoms with van der Waals surface area (Å²) in [5, 5.41) is 12.9. The normalized spacial score (nSPS) is 12.4. The van der Waals surface area contributed by atoms with E-state index in [1.165, 1.54) is 57.1 Å². The van der Waals surface area contributed by atoms with Crippen molar-refractivity contribution in [1.82, 2.24) is 0 Å². The van der Waals surface area contributed by atoms with Gasteiger partial charge in [-0.1, -0.05) is 125 Å². The molecule has 0 saturated carbocycles. The highest BCUT2D eigenvalue weighted by atomic mass is 31.2. The average molecular weight is 492 g/mol. The summed E-state index contributed by atoms with van der Waals surface area (Å²) < 4.78 is 14.5. The zero-order chi connectivity index (χ0) is 24.9. The Morgan fingerprint density at radius 1 is 0.657 bits per heavy atom. The van der Waals surface area contributed by atoms with Gasteiger partial charge in [0, 0.05) is 29.4 Å². The monoisotopic (exact) mass is 491 g/mol. The van der Waals surface area contributed by atoms with Crippen LogP contribution in [0.2, 0.25) is 0 Å². The van der Waals surface area contributed by atoms with E-state index in [0.717, 1.165) is 13.1 Å². The van der Waals surface area contributed by atoms with Crippen LogP contribution < -0.4 is 15.5 Å². The van der Waals surface area contributed by atoms with Crippen molar-refractivity contribution in [3.63, 3.8) is 0 Å². The maximum absolute atomic E-state index is 14.5. The molecule has 4 heteroatoms. The van der Waals surface area contributed by atoms with Gasteiger partial charge in [0.2, 0.25) is 0 Å². The molecule has 0 spiro atoms. The first-order valence-corrected chi connectivity index (χ1v) is 15.1. The number of nitrogens with zero attached hydrogens (tertiary/aromatic N) is 1. The Morgan fingerprint density at radius 3 is 1.54 bits per heavy atom. The van der Waals surface area contributed by atoms with E-state index in [4.69, 9.17) is 0 Å². The van der Waals surface area contributed by atoms with Crippen molar-refractivity contribution in [3.8, 4) is 0 Å². The molecule has 0 aliphatic carbocycles. The number of benzene rings is 3. The van der Waals surface area contributed by atoms with Gasteiger partial charge in [0.1, 0.15) is 5.85 Å². The first-order chi connectivity index (χ1) is 17.1. The van der Waals surface area contributed by atoms with Gasteiger partial charge >= 0.3 is 0 Å². The molecule has 188 valence electrons. The van der Waals surface area contributed by atoms with E-state index in [0.29, 0.717) is 16.2 Å². The van der Waals surface area contributed by atoms with E-state index in [2.05, 4.69) is 30.9 Å². The quantitative estimate of drug-likeness (QED) is 0.175. The Hall–Kier alpha value is -2.35. The third kappa shape index (κ3) is 7.32. The van der Waals surface area contributed by atoms with Gasteiger partial charge < -0.3 is 14.6 Å². The highest BCUT2D eigenvalue weighted by molar-refractivity contribution is 7.78. The van der Waals surface area contributed by atoms with Crippen molar-refractivity contribution >= 4 is 23.4 Å². The fourth-order valence-electron chi connectivity index (χ4n) is 4.63. The summed E-state index contributed by atoms with van der Waals surface area (Å²) in [5.41, 5.74) is 1.88. The molecule has 3 rings (SSSR count). The number of anilines is 1. The van der Waals surface area contributed by atoms with Crippen LogP contribution in [0.5, 0.6) is 0 Å². The third-order valence-corrected chi connectivity index (χ3v) is 9.86. The van der Waals surface area contributed by atoms with Crippen LogP contribution in [0.1, 0.15) is 76.6 Å². The molecule has 3 aromatic rings. The lowest BCUT2D eigenvalue weighted by molar-refractivity contribution is 0.257. The number of aliphatic hydroxyl groups is 1. The van der Waals surface area contributed by atoms with E-state index in [1.807, 2.05) is 72.8 Å². The van der Waals surface area contributed by atoms with Crippen molar-refractivity contribution in [2.75, 3.05) is 18.0 Å². The molecule has 0 bridgehead atoms. The van der Waals surface area contributed by atoms with E-state index >= 15 is 0 Å². The summed E-state index contributed by atoms with van der Waals surface area (Å²) in [6.07, 6.45) is 9.96. The van der Waals surface area contributed by atoms with Crippen LogP contribution in [0.4, 0.5) is 5.69 Å². The molecule has 0 amide bonds. The Balaban J connectivity index is 1.84. The predicted molar refractivity (Wildman–Crippen MR) is 152 cm³/mol. The van der Waals surface area contributed by atoms with Gasteiger partial charge in [0.15, 0.2) is 7.14 Å². The van der Waals surface area contributed by atoms with Gasteiger partial charge in [-0.15, -0.1) is 0 Å². The van der Waals surface area contributed by atoms with Gasteiger partial charge in [-0.3, -0.25) is 0 Å². The summed E-state index contributed by atoms with van der Waals surface area (Å²) >= 11 is 0. The Labute approximate surface area is 212 Å². The van der Waals surface area contributed by atoms with E-state index in [-0.39, 0.29) is 0 Å². The molecular weight excluding hydrogens is 449 g/mol. The minimum Gasteiger partial charge on any atom is -0.380 e. The molecule has 0 fully saturated rings. The number of hydrogen-bond acceptors (Lipinski definition) is 3. The summed E-state index contributed by atoms with van der Waals surface area (Å²) in [5.74, 6) is -1.09. The maximum atomic E-state index is 14.5. The number of rotatable bonds is 15. The molecule has 0 saturated heterocycles. The molecule has 0 radical (unpaired) electrons. The average Bonchev–Trinajstić information content (AvgIpc) is 2.92. The lowest BCUT2D eigenvalue weighted by Gasteiger charge is -2.27. The van der Waals surface area contributed by atoms with Gasteiger partial charge in [0.05, 0.1) is 0 Å². The van der Waals surface area contributed by atoms with Crippen LogP contribution in [0, 0.1) is 0 Å². The van der Waals surface area contributed by atoms with E-state index < -0.39 is 13.0 Å². The fourth-order valence-corrected chi connectivity index (χ4v) is 7.31. The lowest BCUT2D eigenvalue weighted by atomic mass is 10.1. The van der Waals surface area contributed by atoms with Crippen LogP contribution in [-0.2, 0) is 4.57 Å². The molecular formula is C31H42NO2P. The van der Waals surface area contributed by atoms with Crippen LogP contribution >= 0.6 is 7.14 Å². The topological polar surface area (TPSA) is 40.5 Å². The van der Waals surface area contributed by atoms with Gasteiger partial charge in [-0.2, -0.15) is 0 Å². The van der Waals surface area contributed by atoms with Gasteiger partial charge in [-0.25, -0.2) is 0 Å². The smallest absolute Gasteiger partial charge is 0.174 e. The number of hydrogen-bond donors (Lipinski definition) is 1. The minimum absolute atomic E-state index is 0.677. The zero-order valence-corrected chi connectivity index (χ0v) is 22.4. The molecule has 3 nitrogen and oxygen atoms in total. The second-order valence-corrected chi connectivity index (χ2v) is 12.2. The predicted octanol–water partition coefficient (Wildman–Crippen LogP) is 7.66. The van der Waals surface area contributed by atoms with E-state index in [9.17, 15) is 9.67 Å². The third-order valence-electron chi connectivity index (χ3n) is 6.74. The summed E-state index contributed by atoms with van der Waals surface area (Å²) in [6.45, 7) is 6.60. The van der Waals surface area contributed by atoms with Crippen LogP contribution in [0.15, 0.2) is 84.9 Å². The lowest BCUT2D eigenvalue weighted by Crippen LogP contribution is -2.26. The molecule has 0 aliphatic heterocycles. The Kier molecular flexibility index (Phi) is 11.1. The maximum Gasteiger partial charge on any atom is 0.174 e. The Bertz CT molecular complexity index is 965. The molecule has 1 unspecified atom stereocenters. The SMILES string of the molecule is CCCCCCN(CCCCCC)c1ccc(C(O)P(=O)(c2ccccc2)c2ccccc2)cc1. The Morgan fingerprint density at radius 2 is 1.11 bits per heavy atom. The van der Waals surface area contributed by atoms with E-state index in [1.54, 1.807) is 0 Å². The molecule has 1 N–H and O–H groups in total. The summed E-state index contributed by atoms with van der Waals surface area (Å²) in [6, 6.07) is 26.9. The molecule has 0 aliphatic rings. The van der Waals surface area contributed by atoms with Crippen LogP contribution in [0.25, 0.3) is 0 Å². The standard InChI is InChI=1S/C31H42NO2P/c1-3-5-7-15-25-32(26-16-8-6-4-2)28-23-21-27(22-24-28)31(33)35(34,29-17-11-9-12-18-29)30-19-13-10-14-20-30/h9-14,17-24,31,33H,3-8,15-16,25-26H2,1-2H3. The van der Waals surface area contributed by atoms with Crippen molar-refractivity contribution in [2.45, 2.75) is 71.1 Å². The van der Waals surface area contributed by atoms with Crippen LogP contribution in [0.3, 0.4) is 0 Å². The highest BCUT2D eigenvalue weighted by Gasteiger charge is 2.36. The van der Waals surface area contributed by atoms with Crippen LogP contribution in [-0.4, -0.2) is 18.2 Å². The molecule has 0 heterocycles. The first kappa shape index (κ1) is 27.2. The number of unbranched alkanes of at least 4 members (excludes halogenated alkanes) is 6. The van der Waals surface area contributed by atoms with Gasteiger partial charge in [-0.05, 0) is 30.5 Å². The fraction of sp³-hybridized carbons (Fsp3) is 0.419. The molecule has 3 aromatic carbocycles. The first-order valence-electron chi connectivity index (χ1n) is 13.3. The second kappa shape index (κ2) is 14.3.